The van der Waals surface area contributed by atoms with Gasteiger partial charge in [0.05, 0.1) is 11.0 Å². The van der Waals surface area contributed by atoms with Crippen LogP contribution in [0.2, 0.25) is 0 Å². The summed E-state index contributed by atoms with van der Waals surface area (Å²) in [5, 5.41) is 6.10. The third kappa shape index (κ3) is 5.84. The SMILES string of the molecule is Cc1cc(NC(=O)[C@@H](C)SCC(=O)N2CCN(Cc3ccccc3)CC2)no1. The molecule has 1 aromatic heterocycles. The number of anilines is 1. The van der Waals surface area contributed by atoms with Crippen LogP contribution in [0.5, 0.6) is 0 Å². The van der Waals surface area contributed by atoms with Gasteiger partial charge in [0.15, 0.2) is 5.82 Å². The third-order valence-electron chi connectivity index (χ3n) is 4.68. The van der Waals surface area contributed by atoms with Gasteiger partial charge in [0, 0.05) is 38.8 Å². The topological polar surface area (TPSA) is 78.7 Å². The Morgan fingerprint density at radius 1 is 1.21 bits per heavy atom. The first-order valence-corrected chi connectivity index (χ1v) is 10.5. The number of nitrogens with one attached hydrogen (secondary N) is 1. The molecular weight excluding hydrogens is 376 g/mol. The molecule has 2 amide bonds. The van der Waals surface area contributed by atoms with Gasteiger partial charge in [-0.05, 0) is 19.4 Å². The van der Waals surface area contributed by atoms with Gasteiger partial charge >= 0.3 is 0 Å². The number of aromatic nitrogens is 1. The maximum atomic E-state index is 12.5. The fraction of sp³-hybridized carbons (Fsp3) is 0.450. The fourth-order valence-electron chi connectivity index (χ4n) is 3.01. The van der Waals surface area contributed by atoms with E-state index in [1.165, 1.54) is 17.3 Å². The van der Waals surface area contributed by atoms with E-state index in [1.807, 2.05) is 23.1 Å². The zero-order valence-electron chi connectivity index (χ0n) is 16.3. The highest BCUT2D eigenvalue weighted by Crippen LogP contribution is 2.16. The Bertz CT molecular complexity index is 788. The molecule has 7 nitrogen and oxygen atoms in total. The number of piperazine rings is 1. The van der Waals surface area contributed by atoms with Crippen molar-refractivity contribution in [2.75, 3.05) is 37.2 Å². The van der Waals surface area contributed by atoms with Gasteiger partial charge in [-0.15, -0.1) is 11.8 Å². The van der Waals surface area contributed by atoms with E-state index in [4.69, 9.17) is 4.52 Å². The van der Waals surface area contributed by atoms with Crippen molar-refractivity contribution in [3.63, 3.8) is 0 Å². The number of rotatable bonds is 7. The average Bonchev–Trinajstić information content (AvgIpc) is 3.11. The molecular formula is C20H26N4O3S. The van der Waals surface area contributed by atoms with Crippen molar-refractivity contribution in [1.82, 2.24) is 15.0 Å². The highest BCUT2D eigenvalue weighted by molar-refractivity contribution is 8.01. The molecule has 0 spiro atoms. The van der Waals surface area contributed by atoms with E-state index >= 15 is 0 Å². The lowest BCUT2D eigenvalue weighted by molar-refractivity contribution is -0.130. The number of aryl methyl sites for hydroxylation is 1. The maximum absolute atomic E-state index is 12.5. The van der Waals surface area contributed by atoms with E-state index in [-0.39, 0.29) is 17.1 Å². The van der Waals surface area contributed by atoms with Crippen LogP contribution in [0.3, 0.4) is 0 Å². The average molecular weight is 403 g/mol. The maximum Gasteiger partial charge on any atom is 0.238 e. The molecule has 1 aromatic carbocycles. The monoisotopic (exact) mass is 402 g/mol. The number of benzene rings is 1. The number of hydrogen-bond donors (Lipinski definition) is 1. The lowest BCUT2D eigenvalue weighted by Crippen LogP contribution is -2.49. The number of nitrogens with zero attached hydrogens (tertiary/aromatic N) is 3. The molecule has 1 fully saturated rings. The lowest BCUT2D eigenvalue weighted by Gasteiger charge is -2.34. The second-order valence-electron chi connectivity index (χ2n) is 6.91. The molecule has 2 aromatic rings. The molecule has 1 aliphatic heterocycles. The molecule has 1 atom stereocenters. The smallest absolute Gasteiger partial charge is 0.238 e. The van der Waals surface area contributed by atoms with Gasteiger partial charge in [0.1, 0.15) is 5.76 Å². The van der Waals surface area contributed by atoms with Crippen LogP contribution in [-0.4, -0.2) is 64.0 Å². The van der Waals surface area contributed by atoms with Gasteiger partial charge in [-0.1, -0.05) is 35.5 Å². The van der Waals surface area contributed by atoms with E-state index < -0.39 is 0 Å². The molecule has 1 N–H and O–H groups in total. The summed E-state index contributed by atoms with van der Waals surface area (Å²) in [4.78, 5) is 28.9. The zero-order valence-corrected chi connectivity index (χ0v) is 17.1. The highest BCUT2D eigenvalue weighted by atomic mass is 32.2. The van der Waals surface area contributed by atoms with Gasteiger partial charge in [0.2, 0.25) is 11.8 Å². The van der Waals surface area contributed by atoms with E-state index in [0.717, 1.165) is 32.7 Å². The molecule has 1 aliphatic rings. The second kappa shape index (κ2) is 9.75. The molecule has 28 heavy (non-hydrogen) atoms. The van der Waals surface area contributed by atoms with Gasteiger partial charge < -0.3 is 14.7 Å². The quantitative estimate of drug-likeness (QED) is 0.766. The number of carbonyl (C=O) groups excluding carboxylic acids is 2. The van der Waals surface area contributed by atoms with E-state index in [9.17, 15) is 9.59 Å². The Hall–Kier alpha value is -2.32. The minimum atomic E-state index is -0.347. The van der Waals surface area contributed by atoms with E-state index in [1.54, 1.807) is 19.9 Å². The van der Waals surface area contributed by atoms with Gasteiger partial charge in [-0.2, -0.15) is 0 Å². The predicted molar refractivity (Wildman–Crippen MR) is 110 cm³/mol. The van der Waals surface area contributed by atoms with Crippen LogP contribution in [0.1, 0.15) is 18.2 Å². The van der Waals surface area contributed by atoms with Crippen molar-refractivity contribution in [1.29, 1.82) is 0 Å². The van der Waals surface area contributed by atoms with Gasteiger partial charge in [-0.25, -0.2) is 0 Å². The van der Waals surface area contributed by atoms with Crippen molar-refractivity contribution >= 4 is 29.4 Å². The van der Waals surface area contributed by atoms with Crippen molar-refractivity contribution in [2.24, 2.45) is 0 Å². The number of hydrogen-bond acceptors (Lipinski definition) is 6. The first-order chi connectivity index (χ1) is 13.5. The van der Waals surface area contributed by atoms with Crippen molar-refractivity contribution in [3.05, 3.63) is 47.7 Å². The molecule has 0 bridgehead atoms. The summed E-state index contributed by atoms with van der Waals surface area (Å²) in [7, 11) is 0. The zero-order chi connectivity index (χ0) is 19.9. The van der Waals surface area contributed by atoms with E-state index in [2.05, 4.69) is 27.5 Å². The Morgan fingerprint density at radius 2 is 1.93 bits per heavy atom. The summed E-state index contributed by atoms with van der Waals surface area (Å²) >= 11 is 1.34. The normalized spacial score (nSPS) is 16.0. The molecule has 2 heterocycles. The van der Waals surface area contributed by atoms with Gasteiger partial charge in [-0.3, -0.25) is 14.5 Å². The highest BCUT2D eigenvalue weighted by Gasteiger charge is 2.23. The molecule has 1 saturated heterocycles. The van der Waals surface area contributed by atoms with Crippen LogP contribution < -0.4 is 5.32 Å². The fourth-order valence-corrected chi connectivity index (χ4v) is 3.80. The Kier molecular flexibility index (Phi) is 7.11. The standard InChI is InChI=1S/C20H26N4O3S/c1-15-12-18(22-27-15)21-20(26)16(2)28-14-19(25)24-10-8-23(9-11-24)13-17-6-4-3-5-7-17/h3-7,12,16H,8-11,13-14H2,1-2H3,(H,21,22,26)/t16-/m1/s1. The van der Waals surface area contributed by atoms with Crippen LogP contribution >= 0.6 is 11.8 Å². The summed E-state index contributed by atoms with van der Waals surface area (Å²) in [5.74, 6) is 1.23. The van der Waals surface area contributed by atoms with Gasteiger partial charge in [0.25, 0.3) is 0 Å². The molecule has 150 valence electrons. The first-order valence-electron chi connectivity index (χ1n) is 9.41. The molecule has 8 heteroatoms. The summed E-state index contributed by atoms with van der Waals surface area (Å²) in [6, 6.07) is 12.0. The van der Waals surface area contributed by atoms with E-state index in [0.29, 0.717) is 17.3 Å². The molecule has 3 rings (SSSR count). The third-order valence-corrected chi connectivity index (χ3v) is 5.81. The van der Waals surface area contributed by atoms with Crippen LogP contribution in [0.4, 0.5) is 5.82 Å². The van der Waals surface area contributed by atoms with Crippen LogP contribution in [0.25, 0.3) is 0 Å². The molecule has 0 unspecified atom stereocenters. The van der Waals surface area contributed by atoms with Crippen molar-refractivity contribution in [3.8, 4) is 0 Å². The minimum absolute atomic E-state index is 0.0845. The predicted octanol–water partition coefficient (Wildman–Crippen LogP) is 2.39. The van der Waals surface area contributed by atoms with Crippen LogP contribution in [-0.2, 0) is 16.1 Å². The molecule has 0 saturated carbocycles. The minimum Gasteiger partial charge on any atom is -0.360 e. The van der Waals surface area contributed by atoms with Crippen LogP contribution in [0, 0.1) is 6.92 Å². The molecule has 0 aliphatic carbocycles. The second-order valence-corrected chi connectivity index (χ2v) is 8.24. The number of carbonyl (C=O) groups is 2. The Balaban J connectivity index is 1.37. The molecule has 0 radical (unpaired) electrons. The first kappa shape index (κ1) is 20.4. The summed E-state index contributed by atoms with van der Waals surface area (Å²) in [5.41, 5.74) is 1.29. The largest absolute Gasteiger partial charge is 0.360 e. The Labute approximate surface area is 169 Å². The lowest BCUT2D eigenvalue weighted by atomic mass is 10.2. The van der Waals surface area contributed by atoms with Crippen LogP contribution in [0.15, 0.2) is 40.9 Å². The summed E-state index contributed by atoms with van der Waals surface area (Å²) < 4.78 is 4.93. The van der Waals surface area contributed by atoms with Crippen molar-refractivity contribution in [2.45, 2.75) is 25.6 Å². The summed E-state index contributed by atoms with van der Waals surface area (Å²) in [6.45, 7) is 7.66. The number of thioether (sulfide) groups is 1. The number of amides is 2. The van der Waals surface area contributed by atoms with Crippen molar-refractivity contribution < 1.29 is 14.1 Å². The summed E-state index contributed by atoms with van der Waals surface area (Å²) in [6.07, 6.45) is 0. The Morgan fingerprint density at radius 3 is 2.57 bits per heavy atom.